The number of aryl methyl sites for hydroxylation is 1. The molecule has 0 saturated heterocycles. The molecule has 0 radical (unpaired) electrons. The smallest absolute Gasteiger partial charge is 0.358 e. The van der Waals surface area contributed by atoms with Crippen LogP contribution in [0.15, 0.2) is 18.2 Å². The van der Waals surface area contributed by atoms with E-state index in [0.29, 0.717) is 5.56 Å². The van der Waals surface area contributed by atoms with Crippen molar-refractivity contribution in [3.05, 3.63) is 46.1 Å². The highest BCUT2D eigenvalue weighted by atomic mass is 35.5. The number of carbonyl (C=O) groups is 1. The molecule has 110 valence electrons. The highest BCUT2D eigenvalue weighted by Crippen LogP contribution is 2.32. The SMILES string of the molecule is COC(=O)c1nc(-c2ccc(C)c(F)c2)c(F)c(N)c1Cl. The molecule has 0 unspecified atom stereocenters. The first-order chi connectivity index (χ1) is 9.86. The van der Waals surface area contributed by atoms with Crippen LogP contribution < -0.4 is 5.73 Å². The van der Waals surface area contributed by atoms with Crippen molar-refractivity contribution in [2.24, 2.45) is 0 Å². The quantitative estimate of drug-likeness (QED) is 0.864. The van der Waals surface area contributed by atoms with Crippen molar-refractivity contribution in [1.82, 2.24) is 4.98 Å². The largest absolute Gasteiger partial charge is 0.464 e. The third kappa shape index (κ3) is 2.67. The number of nitrogen functional groups attached to an aromatic ring is 1. The van der Waals surface area contributed by atoms with E-state index in [9.17, 15) is 13.6 Å². The van der Waals surface area contributed by atoms with Gasteiger partial charge in [0.25, 0.3) is 0 Å². The zero-order chi connectivity index (χ0) is 15.7. The predicted molar refractivity (Wildman–Crippen MR) is 75.1 cm³/mol. The van der Waals surface area contributed by atoms with Crippen LogP contribution in [-0.4, -0.2) is 18.1 Å². The van der Waals surface area contributed by atoms with E-state index in [1.165, 1.54) is 12.1 Å². The fourth-order valence-electron chi connectivity index (χ4n) is 1.72. The van der Waals surface area contributed by atoms with Crippen molar-refractivity contribution in [3.8, 4) is 11.3 Å². The molecule has 0 saturated carbocycles. The van der Waals surface area contributed by atoms with Crippen LogP contribution in [0.3, 0.4) is 0 Å². The van der Waals surface area contributed by atoms with E-state index >= 15 is 0 Å². The van der Waals surface area contributed by atoms with Crippen molar-refractivity contribution in [2.45, 2.75) is 6.92 Å². The Morgan fingerprint density at radius 2 is 2.05 bits per heavy atom. The summed E-state index contributed by atoms with van der Waals surface area (Å²) in [5.41, 5.74) is 5.04. The van der Waals surface area contributed by atoms with E-state index in [2.05, 4.69) is 9.72 Å². The second kappa shape index (κ2) is 5.65. The highest BCUT2D eigenvalue weighted by molar-refractivity contribution is 6.35. The summed E-state index contributed by atoms with van der Waals surface area (Å²) in [5.74, 6) is -2.31. The maximum absolute atomic E-state index is 14.2. The molecule has 2 N–H and O–H groups in total. The number of benzene rings is 1. The molecule has 21 heavy (non-hydrogen) atoms. The van der Waals surface area contributed by atoms with Crippen LogP contribution in [0, 0.1) is 18.6 Å². The number of nitrogens with zero attached hydrogens (tertiary/aromatic N) is 1. The van der Waals surface area contributed by atoms with E-state index in [1.807, 2.05) is 0 Å². The summed E-state index contributed by atoms with van der Waals surface area (Å²) in [7, 11) is 1.13. The molecule has 0 aliphatic carbocycles. The van der Waals surface area contributed by atoms with Gasteiger partial charge in [0, 0.05) is 5.56 Å². The van der Waals surface area contributed by atoms with Crippen LogP contribution in [0.4, 0.5) is 14.5 Å². The highest BCUT2D eigenvalue weighted by Gasteiger charge is 2.23. The number of hydrogen-bond donors (Lipinski definition) is 1. The Balaban J connectivity index is 2.71. The number of pyridine rings is 1. The first kappa shape index (κ1) is 15.2. The van der Waals surface area contributed by atoms with Crippen LogP contribution in [0.5, 0.6) is 0 Å². The fourth-order valence-corrected chi connectivity index (χ4v) is 1.93. The third-order valence-electron chi connectivity index (χ3n) is 2.94. The Morgan fingerprint density at radius 3 is 2.62 bits per heavy atom. The Kier molecular flexibility index (Phi) is 4.09. The maximum Gasteiger partial charge on any atom is 0.358 e. The van der Waals surface area contributed by atoms with Gasteiger partial charge in [0.05, 0.1) is 17.8 Å². The fraction of sp³-hybridized carbons (Fsp3) is 0.143. The van der Waals surface area contributed by atoms with Crippen LogP contribution in [0.25, 0.3) is 11.3 Å². The number of hydrogen-bond acceptors (Lipinski definition) is 4. The molecule has 0 atom stereocenters. The average Bonchev–Trinajstić information content (AvgIpc) is 2.47. The molecule has 1 aromatic carbocycles. The molecular weight excluding hydrogens is 302 g/mol. The number of anilines is 1. The van der Waals surface area contributed by atoms with Gasteiger partial charge in [-0.15, -0.1) is 0 Å². The molecule has 2 rings (SSSR count). The molecule has 0 amide bonds. The number of methoxy groups -OCH3 is 1. The monoisotopic (exact) mass is 312 g/mol. The van der Waals surface area contributed by atoms with Crippen molar-refractivity contribution in [2.75, 3.05) is 12.8 Å². The number of carbonyl (C=O) groups excluding carboxylic acids is 1. The Bertz CT molecular complexity index is 735. The molecule has 0 spiro atoms. The normalized spacial score (nSPS) is 10.5. The summed E-state index contributed by atoms with van der Waals surface area (Å²) in [6.45, 7) is 1.57. The average molecular weight is 313 g/mol. The van der Waals surface area contributed by atoms with Crippen LogP contribution in [-0.2, 0) is 4.74 Å². The molecule has 0 bridgehead atoms. The number of ether oxygens (including phenoxy) is 1. The third-order valence-corrected chi connectivity index (χ3v) is 3.32. The summed E-state index contributed by atoms with van der Waals surface area (Å²) in [4.78, 5) is 15.4. The van der Waals surface area contributed by atoms with Gasteiger partial charge in [-0.25, -0.2) is 18.6 Å². The van der Waals surface area contributed by atoms with Crippen molar-refractivity contribution in [3.63, 3.8) is 0 Å². The minimum absolute atomic E-state index is 0.143. The minimum Gasteiger partial charge on any atom is -0.464 e. The standard InChI is InChI=1S/C14H11ClF2N2O2/c1-6-3-4-7(5-8(6)16)12-10(17)11(18)9(15)13(19-12)14(20)21-2/h3-5H,1-2H3,(H2,18,19). The minimum atomic E-state index is -0.920. The van der Waals surface area contributed by atoms with E-state index in [4.69, 9.17) is 17.3 Å². The first-order valence-corrected chi connectivity index (χ1v) is 6.24. The van der Waals surface area contributed by atoms with Crippen molar-refractivity contribution >= 4 is 23.3 Å². The summed E-state index contributed by atoms with van der Waals surface area (Å²) < 4.78 is 32.3. The summed E-state index contributed by atoms with van der Waals surface area (Å²) in [5, 5.41) is -0.337. The molecule has 0 fully saturated rings. The van der Waals surface area contributed by atoms with E-state index in [0.717, 1.165) is 13.2 Å². The van der Waals surface area contributed by atoms with Crippen LogP contribution >= 0.6 is 11.6 Å². The van der Waals surface area contributed by atoms with Crippen LogP contribution in [0.2, 0.25) is 5.02 Å². The second-order valence-electron chi connectivity index (χ2n) is 4.31. The Labute approximate surface area is 124 Å². The van der Waals surface area contributed by atoms with Gasteiger partial charge < -0.3 is 10.5 Å². The van der Waals surface area contributed by atoms with E-state index < -0.39 is 23.3 Å². The van der Waals surface area contributed by atoms with Gasteiger partial charge in [0.1, 0.15) is 11.5 Å². The first-order valence-electron chi connectivity index (χ1n) is 5.86. The molecule has 0 aliphatic heterocycles. The predicted octanol–water partition coefficient (Wildman–Crippen LogP) is 3.36. The van der Waals surface area contributed by atoms with Gasteiger partial charge in [-0.3, -0.25) is 0 Å². The lowest BCUT2D eigenvalue weighted by molar-refractivity contribution is 0.0594. The Hall–Kier alpha value is -2.21. The summed E-state index contributed by atoms with van der Waals surface area (Å²) in [6.07, 6.45) is 0. The molecule has 1 heterocycles. The van der Waals surface area contributed by atoms with Gasteiger partial charge in [0.15, 0.2) is 11.5 Å². The Morgan fingerprint density at radius 1 is 1.38 bits per heavy atom. The summed E-state index contributed by atoms with van der Waals surface area (Å²) in [6, 6.07) is 4.04. The van der Waals surface area contributed by atoms with E-state index in [1.54, 1.807) is 6.92 Å². The number of rotatable bonds is 2. The molecular formula is C14H11ClF2N2O2. The summed E-state index contributed by atoms with van der Waals surface area (Å²) >= 11 is 5.79. The van der Waals surface area contributed by atoms with Crippen molar-refractivity contribution in [1.29, 1.82) is 0 Å². The lowest BCUT2D eigenvalue weighted by atomic mass is 10.1. The maximum atomic E-state index is 14.2. The van der Waals surface area contributed by atoms with Gasteiger partial charge >= 0.3 is 5.97 Å². The molecule has 4 nitrogen and oxygen atoms in total. The topological polar surface area (TPSA) is 65.2 Å². The number of halogens is 3. The molecule has 0 aliphatic rings. The van der Waals surface area contributed by atoms with E-state index in [-0.39, 0.29) is 22.0 Å². The second-order valence-corrected chi connectivity index (χ2v) is 4.68. The van der Waals surface area contributed by atoms with Gasteiger partial charge in [-0.1, -0.05) is 23.7 Å². The van der Waals surface area contributed by atoms with Gasteiger partial charge in [0.2, 0.25) is 0 Å². The number of esters is 1. The lowest BCUT2D eigenvalue weighted by Crippen LogP contribution is -2.10. The zero-order valence-corrected chi connectivity index (χ0v) is 12.0. The van der Waals surface area contributed by atoms with Crippen molar-refractivity contribution < 1.29 is 18.3 Å². The number of aromatic nitrogens is 1. The molecule has 1 aromatic heterocycles. The lowest BCUT2D eigenvalue weighted by Gasteiger charge is -2.11. The zero-order valence-electron chi connectivity index (χ0n) is 11.2. The number of nitrogens with two attached hydrogens (primary N) is 1. The van der Waals surface area contributed by atoms with Crippen LogP contribution in [0.1, 0.15) is 16.1 Å². The molecule has 2 aromatic rings. The van der Waals surface area contributed by atoms with Gasteiger partial charge in [-0.2, -0.15) is 0 Å². The van der Waals surface area contributed by atoms with Gasteiger partial charge in [-0.05, 0) is 18.6 Å². The molecule has 7 heteroatoms.